The Morgan fingerprint density at radius 2 is 1.96 bits per heavy atom. The minimum atomic E-state index is -0.436. The lowest BCUT2D eigenvalue weighted by atomic mass is 9.51. The Kier molecular flexibility index (Phi) is 4.05. The number of hydrogen-bond donors (Lipinski definition) is 0. The van der Waals surface area contributed by atoms with E-state index in [9.17, 15) is 9.59 Å². The van der Waals surface area contributed by atoms with Crippen LogP contribution in [0.15, 0.2) is 35.6 Å². The lowest BCUT2D eigenvalue weighted by molar-refractivity contribution is -0.134. The summed E-state index contributed by atoms with van der Waals surface area (Å²) in [4.78, 5) is 25.2. The Bertz CT molecular complexity index is 743. The largest absolute Gasteiger partial charge is 0.494 e. The molecule has 2 fully saturated rings. The fraction of sp³-hybridized carbons (Fsp3) is 0.652. The van der Waals surface area contributed by atoms with Gasteiger partial charge >= 0.3 is 0 Å². The summed E-state index contributed by atoms with van der Waals surface area (Å²) in [7, 11) is 0. The average Bonchev–Trinajstić information content (AvgIpc) is 2.94. The first-order chi connectivity index (χ1) is 12.3. The van der Waals surface area contributed by atoms with Gasteiger partial charge in [-0.2, -0.15) is 0 Å². The maximum Gasteiger partial charge on any atom is 0.165 e. The Morgan fingerprint density at radius 3 is 2.69 bits per heavy atom. The Morgan fingerprint density at radius 1 is 1.19 bits per heavy atom. The summed E-state index contributed by atoms with van der Waals surface area (Å²) in [6.45, 7) is 10.4. The molecule has 4 aliphatic carbocycles. The molecule has 140 valence electrons. The third-order valence-corrected chi connectivity index (χ3v) is 7.86. The second-order valence-corrected chi connectivity index (χ2v) is 9.04. The molecule has 3 heteroatoms. The molecule has 0 spiro atoms. The third kappa shape index (κ3) is 2.32. The number of ether oxygens (including phenoxy) is 1. The van der Waals surface area contributed by atoms with E-state index < -0.39 is 5.41 Å². The van der Waals surface area contributed by atoms with E-state index in [0.29, 0.717) is 18.3 Å². The van der Waals surface area contributed by atoms with E-state index in [1.165, 1.54) is 11.1 Å². The molecule has 0 aromatic carbocycles. The topological polar surface area (TPSA) is 43.4 Å². The second-order valence-electron chi connectivity index (χ2n) is 9.04. The van der Waals surface area contributed by atoms with Crippen molar-refractivity contribution in [3.05, 3.63) is 35.6 Å². The van der Waals surface area contributed by atoms with Crippen molar-refractivity contribution in [2.75, 3.05) is 0 Å². The number of allylic oxidation sites excluding steroid dienone is 5. The summed E-state index contributed by atoms with van der Waals surface area (Å²) in [5.74, 6) is 2.04. The molecule has 0 amide bonds. The molecule has 0 bridgehead atoms. The zero-order valence-electron chi connectivity index (χ0n) is 16.3. The number of carbonyl (C=O) groups excluding carboxylic acids is 2. The van der Waals surface area contributed by atoms with Gasteiger partial charge in [0.1, 0.15) is 6.10 Å². The zero-order valence-corrected chi connectivity index (χ0v) is 16.3. The van der Waals surface area contributed by atoms with E-state index in [1.807, 2.05) is 19.1 Å². The van der Waals surface area contributed by atoms with E-state index in [0.717, 1.165) is 44.3 Å². The number of hydrogen-bond acceptors (Lipinski definition) is 3. The monoisotopic (exact) mass is 354 g/mol. The highest BCUT2D eigenvalue weighted by Gasteiger charge is 2.60. The van der Waals surface area contributed by atoms with E-state index >= 15 is 0 Å². The number of carbonyl (C=O) groups is 2. The molecule has 5 atom stereocenters. The van der Waals surface area contributed by atoms with Crippen molar-refractivity contribution in [1.82, 2.24) is 0 Å². The van der Waals surface area contributed by atoms with Crippen LogP contribution in [-0.2, 0) is 14.3 Å². The van der Waals surface area contributed by atoms with Gasteiger partial charge in [0.15, 0.2) is 11.6 Å². The highest BCUT2D eigenvalue weighted by molar-refractivity contribution is 5.98. The van der Waals surface area contributed by atoms with Crippen molar-refractivity contribution < 1.29 is 14.3 Å². The van der Waals surface area contributed by atoms with Gasteiger partial charge in [0.2, 0.25) is 0 Å². The van der Waals surface area contributed by atoms with Crippen LogP contribution in [-0.4, -0.2) is 17.7 Å². The van der Waals surface area contributed by atoms with Gasteiger partial charge in [-0.1, -0.05) is 31.6 Å². The molecule has 0 heterocycles. The van der Waals surface area contributed by atoms with Crippen LogP contribution in [0.5, 0.6) is 0 Å². The highest BCUT2D eigenvalue weighted by atomic mass is 16.5. The maximum absolute atomic E-state index is 13.3. The first kappa shape index (κ1) is 17.8. The summed E-state index contributed by atoms with van der Waals surface area (Å²) in [6, 6.07) is 0. The van der Waals surface area contributed by atoms with Crippen molar-refractivity contribution in [2.24, 2.45) is 22.7 Å². The zero-order chi connectivity index (χ0) is 18.7. The van der Waals surface area contributed by atoms with Crippen molar-refractivity contribution >= 4 is 11.6 Å². The molecule has 3 nitrogen and oxygen atoms in total. The predicted octanol–water partition coefficient (Wildman–Crippen LogP) is 4.93. The normalized spacial score (nSPS) is 41.6. The van der Waals surface area contributed by atoms with Gasteiger partial charge < -0.3 is 4.74 Å². The predicted molar refractivity (Wildman–Crippen MR) is 101 cm³/mol. The van der Waals surface area contributed by atoms with E-state index in [1.54, 1.807) is 0 Å². The summed E-state index contributed by atoms with van der Waals surface area (Å²) >= 11 is 0. The molecule has 0 aromatic rings. The fourth-order valence-electron chi connectivity index (χ4n) is 6.09. The minimum Gasteiger partial charge on any atom is -0.494 e. The molecule has 26 heavy (non-hydrogen) atoms. The first-order valence-electron chi connectivity index (χ1n) is 10.2. The number of ketones is 2. The number of fused-ring (bicyclic) bond motifs is 5. The molecule has 4 aliphatic rings. The average molecular weight is 354 g/mol. The highest BCUT2D eigenvalue weighted by Crippen LogP contribution is 2.62. The molecular weight excluding hydrogens is 324 g/mol. The van der Waals surface area contributed by atoms with Crippen molar-refractivity contribution in [1.29, 1.82) is 0 Å². The Balaban J connectivity index is 1.73. The van der Waals surface area contributed by atoms with Gasteiger partial charge in [-0.05, 0) is 63.0 Å². The minimum absolute atomic E-state index is 0.0528. The molecular formula is C23H30O3. The van der Waals surface area contributed by atoms with Crippen LogP contribution in [0.3, 0.4) is 0 Å². The molecule has 4 rings (SSSR count). The summed E-state index contributed by atoms with van der Waals surface area (Å²) < 4.78 is 6.13. The molecule has 0 aromatic heterocycles. The van der Waals surface area contributed by atoms with Gasteiger partial charge in [-0.25, -0.2) is 0 Å². The molecule has 2 unspecified atom stereocenters. The van der Waals surface area contributed by atoms with Crippen LogP contribution in [0.4, 0.5) is 0 Å². The van der Waals surface area contributed by atoms with E-state index in [-0.39, 0.29) is 23.1 Å². The first-order valence-corrected chi connectivity index (χ1v) is 10.2. The van der Waals surface area contributed by atoms with Crippen LogP contribution >= 0.6 is 0 Å². The van der Waals surface area contributed by atoms with Crippen LogP contribution in [0.1, 0.15) is 65.7 Å². The smallest absolute Gasteiger partial charge is 0.165 e. The van der Waals surface area contributed by atoms with Gasteiger partial charge in [-0.15, -0.1) is 0 Å². The molecule has 0 saturated heterocycles. The maximum atomic E-state index is 13.3. The van der Waals surface area contributed by atoms with E-state index in [4.69, 9.17) is 4.74 Å². The molecule has 2 saturated carbocycles. The van der Waals surface area contributed by atoms with E-state index in [2.05, 4.69) is 20.4 Å². The molecule has 0 aliphatic heterocycles. The van der Waals surface area contributed by atoms with Gasteiger partial charge in [0.25, 0.3) is 0 Å². The Hall–Kier alpha value is -1.64. The standard InChI is InChI=1S/C23H30O3/c1-5-14(2)26-21-9-8-18-17-7-6-15-12-16(24)10-11-22(15,3)19(17)13-20(25)23(18,21)4/h12-13,17-18,21H,2,5-11H2,1,3-4H3/t17?,18?,21-,22-,23+/m0/s1. The third-order valence-electron chi connectivity index (χ3n) is 7.86. The van der Waals surface area contributed by atoms with Crippen molar-refractivity contribution in [3.63, 3.8) is 0 Å². The van der Waals surface area contributed by atoms with Gasteiger partial charge in [0.05, 0.1) is 11.2 Å². The van der Waals surface area contributed by atoms with Crippen molar-refractivity contribution in [2.45, 2.75) is 71.8 Å². The van der Waals surface area contributed by atoms with Gasteiger partial charge in [0, 0.05) is 18.3 Å². The van der Waals surface area contributed by atoms with Crippen LogP contribution < -0.4 is 0 Å². The Labute approximate surface area is 156 Å². The quantitative estimate of drug-likeness (QED) is 0.675. The summed E-state index contributed by atoms with van der Waals surface area (Å²) in [6.07, 6.45) is 10.0. The van der Waals surface area contributed by atoms with Gasteiger partial charge in [-0.3, -0.25) is 9.59 Å². The fourth-order valence-corrected chi connectivity index (χ4v) is 6.09. The lowest BCUT2D eigenvalue weighted by Crippen LogP contribution is -2.50. The van der Waals surface area contributed by atoms with Crippen LogP contribution in [0, 0.1) is 22.7 Å². The lowest BCUT2D eigenvalue weighted by Gasteiger charge is -2.52. The molecule has 0 N–H and O–H groups in total. The second kappa shape index (κ2) is 5.94. The SMILES string of the molecule is C=C(CC)O[C@H]1CCC2C3CCC4=CC(=O)CC[C@]4(C)C3=CC(=O)[C@@]21C. The number of rotatable bonds is 3. The van der Waals surface area contributed by atoms with Crippen LogP contribution in [0.2, 0.25) is 0 Å². The van der Waals surface area contributed by atoms with Crippen LogP contribution in [0.25, 0.3) is 0 Å². The van der Waals surface area contributed by atoms with Crippen molar-refractivity contribution in [3.8, 4) is 0 Å². The summed E-state index contributed by atoms with van der Waals surface area (Å²) in [5, 5.41) is 0. The molecule has 0 radical (unpaired) electrons. The summed E-state index contributed by atoms with van der Waals surface area (Å²) in [5.41, 5.74) is 2.01.